The molecule has 0 spiro atoms. The minimum absolute atomic E-state index is 0.0393. The molecule has 1 heterocycles. The zero-order valence-corrected chi connectivity index (χ0v) is 16.0. The van der Waals surface area contributed by atoms with Gasteiger partial charge in [0.05, 0.1) is 17.2 Å². The lowest BCUT2D eigenvalue weighted by Crippen LogP contribution is -2.48. The summed E-state index contributed by atoms with van der Waals surface area (Å²) < 4.78 is 0. The number of imide groups is 1. The van der Waals surface area contributed by atoms with E-state index in [-0.39, 0.29) is 23.8 Å². The highest BCUT2D eigenvalue weighted by Crippen LogP contribution is 2.32. The molecule has 0 bridgehead atoms. The van der Waals surface area contributed by atoms with Gasteiger partial charge in [-0.3, -0.25) is 19.3 Å². The maximum atomic E-state index is 12.9. The first-order valence-electron chi connectivity index (χ1n) is 10.3. The van der Waals surface area contributed by atoms with Crippen molar-refractivity contribution < 1.29 is 14.4 Å². The van der Waals surface area contributed by atoms with Gasteiger partial charge in [-0.05, 0) is 43.9 Å². The largest absolute Gasteiger partial charge is 0.334 e. The highest BCUT2D eigenvalue weighted by Gasteiger charge is 2.41. The predicted octanol–water partition coefficient (Wildman–Crippen LogP) is 3.57. The molecule has 6 nitrogen and oxygen atoms in total. The van der Waals surface area contributed by atoms with Gasteiger partial charge in [0.25, 0.3) is 17.7 Å². The molecule has 1 aromatic carbocycles. The number of rotatable bonds is 3. The molecule has 0 radical (unpaired) electrons. The van der Waals surface area contributed by atoms with Crippen LogP contribution in [0, 0.1) is 11.3 Å². The Hall–Kier alpha value is -2.68. The average molecular weight is 379 g/mol. The molecule has 6 heteroatoms. The SMILES string of the molecule is N#CC1(NC(=O)c2ccc3c(c2)C(=O)N(C2CCCCC2)C3=O)CCCCC1. The van der Waals surface area contributed by atoms with Crippen LogP contribution in [0.25, 0.3) is 0 Å². The van der Waals surface area contributed by atoms with Gasteiger partial charge >= 0.3 is 0 Å². The van der Waals surface area contributed by atoms with Crippen LogP contribution in [-0.4, -0.2) is 34.2 Å². The first-order chi connectivity index (χ1) is 13.5. The van der Waals surface area contributed by atoms with Crippen molar-refractivity contribution in [3.8, 4) is 6.07 Å². The van der Waals surface area contributed by atoms with Gasteiger partial charge in [0.2, 0.25) is 0 Å². The topological polar surface area (TPSA) is 90.3 Å². The average Bonchev–Trinajstić information content (AvgIpc) is 2.99. The van der Waals surface area contributed by atoms with Crippen molar-refractivity contribution in [2.45, 2.75) is 75.8 Å². The van der Waals surface area contributed by atoms with Crippen molar-refractivity contribution in [3.63, 3.8) is 0 Å². The van der Waals surface area contributed by atoms with Crippen molar-refractivity contribution in [3.05, 3.63) is 34.9 Å². The molecule has 1 N–H and O–H groups in total. The zero-order valence-electron chi connectivity index (χ0n) is 16.0. The molecular weight excluding hydrogens is 354 g/mol. The summed E-state index contributed by atoms with van der Waals surface area (Å²) in [5, 5.41) is 12.5. The van der Waals surface area contributed by atoms with E-state index < -0.39 is 5.54 Å². The fourth-order valence-corrected chi connectivity index (χ4v) is 4.78. The maximum Gasteiger partial charge on any atom is 0.261 e. The molecule has 0 saturated heterocycles. The van der Waals surface area contributed by atoms with Gasteiger partial charge in [0.1, 0.15) is 5.54 Å². The number of hydrogen-bond donors (Lipinski definition) is 1. The predicted molar refractivity (Wildman–Crippen MR) is 103 cm³/mol. The van der Waals surface area contributed by atoms with Gasteiger partial charge in [-0.1, -0.05) is 38.5 Å². The molecule has 0 atom stereocenters. The van der Waals surface area contributed by atoms with Crippen molar-refractivity contribution in [1.29, 1.82) is 5.26 Å². The Morgan fingerprint density at radius 1 is 1.00 bits per heavy atom. The molecule has 1 aromatic rings. The summed E-state index contributed by atoms with van der Waals surface area (Å²) in [6.07, 6.45) is 9.11. The minimum atomic E-state index is -0.831. The lowest BCUT2D eigenvalue weighted by Gasteiger charge is -2.31. The normalized spacial score (nSPS) is 21.9. The van der Waals surface area contributed by atoms with E-state index in [1.807, 2.05) is 0 Å². The molecule has 2 fully saturated rings. The Labute approximate surface area is 164 Å². The Balaban J connectivity index is 1.56. The summed E-state index contributed by atoms with van der Waals surface area (Å²) >= 11 is 0. The summed E-state index contributed by atoms with van der Waals surface area (Å²) in [6.45, 7) is 0. The lowest BCUT2D eigenvalue weighted by molar-refractivity contribution is 0.0548. The van der Waals surface area contributed by atoms with Crippen LogP contribution in [0.2, 0.25) is 0 Å². The van der Waals surface area contributed by atoms with E-state index >= 15 is 0 Å². The van der Waals surface area contributed by atoms with Crippen LogP contribution in [0.1, 0.15) is 95.3 Å². The molecule has 3 amide bonds. The summed E-state index contributed by atoms with van der Waals surface area (Å²) in [7, 11) is 0. The third kappa shape index (κ3) is 3.19. The molecule has 146 valence electrons. The monoisotopic (exact) mass is 379 g/mol. The summed E-state index contributed by atoms with van der Waals surface area (Å²) in [6, 6.07) is 6.91. The highest BCUT2D eigenvalue weighted by atomic mass is 16.2. The van der Waals surface area contributed by atoms with E-state index in [0.29, 0.717) is 29.5 Å². The third-order valence-corrected chi connectivity index (χ3v) is 6.39. The standard InChI is InChI=1S/C22H25N3O3/c23-14-22(11-5-2-6-12-22)24-19(26)15-9-10-17-18(13-15)21(28)25(20(17)27)16-7-3-1-4-8-16/h9-10,13,16H,1-8,11-12H2,(H,24,26). The summed E-state index contributed by atoms with van der Waals surface area (Å²) in [4.78, 5) is 39.8. The van der Waals surface area contributed by atoms with Crippen LogP contribution in [0.4, 0.5) is 0 Å². The Kier molecular flexibility index (Phi) is 4.92. The van der Waals surface area contributed by atoms with Gasteiger partial charge in [-0.15, -0.1) is 0 Å². The van der Waals surface area contributed by atoms with Crippen molar-refractivity contribution >= 4 is 17.7 Å². The Bertz CT molecular complexity index is 858. The number of carbonyl (C=O) groups excluding carboxylic acids is 3. The van der Waals surface area contributed by atoms with Crippen molar-refractivity contribution in [1.82, 2.24) is 10.2 Å². The molecule has 2 saturated carbocycles. The smallest absolute Gasteiger partial charge is 0.261 e. The van der Waals surface area contributed by atoms with Crippen molar-refractivity contribution in [2.75, 3.05) is 0 Å². The van der Waals surface area contributed by atoms with Gasteiger partial charge in [-0.25, -0.2) is 0 Å². The molecule has 0 unspecified atom stereocenters. The Morgan fingerprint density at radius 3 is 2.32 bits per heavy atom. The number of fused-ring (bicyclic) bond motifs is 1. The van der Waals surface area contributed by atoms with Crippen LogP contribution >= 0.6 is 0 Å². The highest BCUT2D eigenvalue weighted by molar-refractivity contribution is 6.22. The van der Waals surface area contributed by atoms with Crippen LogP contribution in [0.3, 0.4) is 0 Å². The third-order valence-electron chi connectivity index (χ3n) is 6.39. The van der Waals surface area contributed by atoms with Crippen LogP contribution < -0.4 is 5.32 Å². The maximum absolute atomic E-state index is 12.9. The number of carbonyl (C=O) groups is 3. The molecule has 0 aromatic heterocycles. The number of nitrogens with zero attached hydrogens (tertiary/aromatic N) is 2. The fraction of sp³-hybridized carbons (Fsp3) is 0.545. The molecule has 2 aliphatic carbocycles. The number of benzene rings is 1. The van der Waals surface area contributed by atoms with E-state index in [2.05, 4.69) is 11.4 Å². The zero-order chi connectivity index (χ0) is 19.7. The molecular formula is C22H25N3O3. The Morgan fingerprint density at radius 2 is 1.64 bits per heavy atom. The lowest BCUT2D eigenvalue weighted by atomic mass is 9.82. The van der Waals surface area contributed by atoms with E-state index in [4.69, 9.17) is 0 Å². The second-order valence-corrected chi connectivity index (χ2v) is 8.24. The van der Waals surface area contributed by atoms with E-state index in [1.54, 1.807) is 12.1 Å². The van der Waals surface area contributed by atoms with E-state index in [9.17, 15) is 19.6 Å². The molecule has 3 aliphatic rings. The van der Waals surface area contributed by atoms with Gasteiger partial charge in [0, 0.05) is 11.6 Å². The number of amides is 3. The van der Waals surface area contributed by atoms with Gasteiger partial charge in [-0.2, -0.15) is 5.26 Å². The van der Waals surface area contributed by atoms with Crippen LogP contribution in [0.15, 0.2) is 18.2 Å². The van der Waals surface area contributed by atoms with Crippen molar-refractivity contribution in [2.24, 2.45) is 0 Å². The first-order valence-corrected chi connectivity index (χ1v) is 10.3. The van der Waals surface area contributed by atoms with Gasteiger partial charge < -0.3 is 5.32 Å². The second-order valence-electron chi connectivity index (χ2n) is 8.24. The fourth-order valence-electron chi connectivity index (χ4n) is 4.78. The molecule has 28 heavy (non-hydrogen) atoms. The van der Waals surface area contributed by atoms with Crippen LogP contribution in [0.5, 0.6) is 0 Å². The van der Waals surface area contributed by atoms with E-state index in [1.165, 1.54) is 11.0 Å². The van der Waals surface area contributed by atoms with Gasteiger partial charge in [0.15, 0.2) is 0 Å². The number of hydrogen-bond acceptors (Lipinski definition) is 4. The quantitative estimate of drug-likeness (QED) is 0.813. The number of nitriles is 1. The molecule has 1 aliphatic heterocycles. The first kappa shape index (κ1) is 18.7. The summed E-state index contributed by atoms with van der Waals surface area (Å²) in [5.74, 6) is -0.906. The minimum Gasteiger partial charge on any atom is -0.334 e. The summed E-state index contributed by atoms with van der Waals surface area (Å²) in [5.41, 5.74) is 0.172. The number of nitrogens with one attached hydrogen (secondary N) is 1. The second kappa shape index (κ2) is 7.38. The molecule has 4 rings (SSSR count). The van der Waals surface area contributed by atoms with E-state index in [0.717, 1.165) is 51.4 Å². The van der Waals surface area contributed by atoms with Crippen LogP contribution in [-0.2, 0) is 0 Å².